The van der Waals surface area contributed by atoms with Gasteiger partial charge in [0.1, 0.15) is 11.0 Å². The zero-order valence-electron chi connectivity index (χ0n) is 12.7. The number of aromatic nitrogens is 5. The number of tetrazole rings is 1. The van der Waals surface area contributed by atoms with E-state index in [1.807, 2.05) is 12.1 Å². The average molecular weight is 344 g/mol. The summed E-state index contributed by atoms with van der Waals surface area (Å²) in [6.07, 6.45) is 3.44. The number of benzene rings is 1. The molecule has 0 aliphatic rings. The van der Waals surface area contributed by atoms with Crippen LogP contribution in [0.1, 0.15) is 5.56 Å². The van der Waals surface area contributed by atoms with E-state index in [0.717, 1.165) is 11.1 Å². The minimum atomic E-state index is -1.35. The first-order valence-electron chi connectivity index (χ1n) is 7.29. The van der Waals surface area contributed by atoms with Crippen LogP contribution in [0.2, 0.25) is 0 Å². The van der Waals surface area contributed by atoms with E-state index in [9.17, 15) is 4.21 Å². The van der Waals surface area contributed by atoms with Crippen LogP contribution in [-0.4, -0.2) is 47.7 Å². The van der Waals surface area contributed by atoms with Gasteiger partial charge in [0, 0.05) is 24.5 Å². The van der Waals surface area contributed by atoms with Crippen molar-refractivity contribution in [3.63, 3.8) is 0 Å². The standard InChI is InChI=1S/C15H16N6O2S/c22-10-9-17-24(23)14-3-1-13(2-4-14)15-18-20-21(19-15)11-12-5-7-16-8-6-12/h1-8,17,22H,9-11H2. The number of aliphatic hydroxyl groups is 1. The minimum Gasteiger partial charge on any atom is -0.395 e. The molecule has 0 amide bonds. The van der Waals surface area contributed by atoms with Crippen molar-refractivity contribution >= 4 is 11.0 Å². The van der Waals surface area contributed by atoms with E-state index >= 15 is 0 Å². The maximum atomic E-state index is 11.9. The Labute approximate surface area is 141 Å². The van der Waals surface area contributed by atoms with Crippen molar-refractivity contribution in [2.75, 3.05) is 13.2 Å². The van der Waals surface area contributed by atoms with Gasteiger partial charge in [0.25, 0.3) is 0 Å². The molecule has 1 atom stereocenters. The topological polar surface area (TPSA) is 106 Å². The van der Waals surface area contributed by atoms with Crippen molar-refractivity contribution in [1.82, 2.24) is 29.9 Å². The molecule has 0 saturated carbocycles. The first kappa shape index (κ1) is 16.4. The molecule has 2 aromatic heterocycles. The van der Waals surface area contributed by atoms with Crippen molar-refractivity contribution < 1.29 is 9.32 Å². The van der Waals surface area contributed by atoms with E-state index < -0.39 is 11.0 Å². The van der Waals surface area contributed by atoms with Gasteiger partial charge in [-0.05, 0) is 47.2 Å². The fraction of sp³-hybridized carbons (Fsp3) is 0.200. The molecule has 0 radical (unpaired) electrons. The second-order valence-electron chi connectivity index (χ2n) is 4.91. The summed E-state index contributed by atoms with van der Waals surface area (Å²) in [6.45, 7) is 0.732. The van der Waals surface area contributed by atoms with Crippen LogP contribution in [0, 0.1) is 0 Å². The second kappa shape index (κ2) is 7.86. The SMILES string of the molecule is O=S(NCCO)c1ccc(-c2nnn(Cc3ccncc3)n2)cc1. The first-order valence-corrected chi connectivity index (χ1v) is 8.44. The van der Waals surface area contributed by atoms with Crippen molar-refractivity contribution in [2.24, 2.45) is 0 Å². The molecule has 2 heterocycles. The second-order valence-corrected chi connectivity index (χ2v) is 6.21. The molecule has 3 rings (SSSR count). The highest BCUT2D eigenvalue weighted by Gasteiger charge is 2.08. The van der Waals surface area contributed by atoms with Gasteiger partial charge in [-0.15, -0.1) is 10.2 Å². The molecule has 0 spiro atoms. The molecule has 9 heteroatoms. The number of nitrogens with zero attached hydrogens (tertiary/aromatic N) is 5. The Hall–Kier alpha value is -2.49. The normalized spacial score (nSPS) is 12.2. The maximum absolute atomic E-state index is 11.9. The molecule has 0 fully saturated rings. The molecule has 0 bridgehead atoms. The Morgan fingerprint density at radius 1 is 1.12 bits per heavy atom. The summed E-state index contributed by atoms with van der Waals surface area (Å²) in [7, 11) is -1.35. The average Bonchev–Trinajstić information content (AvgIpc) is 3.09. The van der Waals surface area contributed by atoms with Crippen molar-refractivity contribution in [2.45, 2.75) is 11.4 Å². The quantitative estimate of drug-likeness (QED) is 0.642. The molecule has 1 unspecified atom stereocenters. The van der Waals surface area contributed by atoms with E-state index in [1.165, 1.54) is 4.80 Å². The zero-order chi connectivity index (χ0) is 16.8. The van der Waals surface area contributed by atoms with Crippen LogP contribution in [0.15, 0.2) is 53.7 Å². The molecule has 124 valence electrons. The van der Waals surface area contributed by atoms with Gasteiger partial charge in [0.2, 0.25) is 5.82 Å². The number of hydrogen-bond donors (Lipinski definition) is 2. The molecule has 0 saturated heterocycles. The maximum Gasteiger partial charge on any atom is 0.204 e. The van der Waals surface area contributed by atoms with E-state index in [0.29, 0.717) is 17.3 Å². The Bertz CT molecular complexity index is 806. The van der Waals surface area contributed by atoms with E-state index in [4.69, 9.17) is 5.11 Å². The van der Waals surface area contributed by atoms with Gasteiger partial charge in [-0.25, -0.2) is 8.93 Å². The third-order valence-corrected chi connectivity index (χ3v) is 4.36. The Morgan fingerprint density at radius 3 is 2.58 bits per heavy atom. The third-order valence-electron chi connectivity index (χ3n) is 3.20. The highest BCUT2D eigenvalue weighted by atomic mass is 32.2. The Kier molecular flexibility index (Phi) is 5.36. The van der Waals surface area contributed by atoms with Gasteiger partial charge in [-0.1, -0.05) is 0 Å². The zero-order valence-corrected chi connectivity index (χ0v) is 13.6. The van der Waals surface area contributed by atoms with Crippen molar-refractivity contribution in [3.8, 4) is 11.4 Å². The lowest BCUT2D eigenvalue weighted by Crippen LogP contribution is -2.20. The molecule has 24 heavy (non-hydrogen) atoms. The molecular weight excluding hydrogens is 328 g/mol. The lowest BCUT2D eigenvalue weighted by molar-refractivity contribution is 0.302. The molecule has 3 aromatic rings. The van der Waals surface area contributed by atoms with E-state index in [2.05, 4.69) is 25.1 Å². The van der Waals surface area contributed by atoms with Crippen LogP contribution >= 0.6 is 0 Å². The number of nitrogens with one attached hydrogen (secondary N) is 1. The monoisotopic (exact) mass is 344 g/mol. The number of aliphatic hydroxyl groups excluding tert-OH is 1. The summed E-state index contributed by atoms with van der Waals surface area (Å²) in [5.41, 5.74) is 1.83. The summed E-state index contributed by atoms with van der Waals surface area (Å²) >= 11 is 0. The van der Waals surface area contributed by atoms with E-state index in [1.54, 1.807) is 36.7 Å². The summed E-state index contributed by atoms with van der Waals surface area (Å²) in [6, 6.07) is 10.8. The third kappa shape index (κ3) is 4.07. The van der Waals surface area contributed by atoms with Crippen molar-refractivity contribution in [1.29, 1.82) is 0 Å². The fourth-order valence-electron chi connectivity index (χ4n) is 2.03. The van der Waals surface area contributed by atoms with Gasteiger partial charge >= 0.3 is 0 Å². The molecule has 8 nitrogen and oxygen atoms in total. The van der Waals surface area contributed by atoms with Crippen LogP contribution in [-0.2, 0) is 17.5 Å². The lowest BCUT2D eigenvalue weighted by atomic mass is 10.2. The summed E-state index contributed by atoms with van der Waals surface area (Å²) in [5, 5.41) is 21.2. The van der Waals surface area contributed by atoms with Gasteiger partial charge in [0.05, 0.1) is 18.0 Å². The highest BCUT2D eigenvalue weighted by Crippen LogP contribution is 2.16. The van der Waals surface area contributed by atoms with Crippen LogP contribution in [0.3, 0.4) is 0 Å². The van der Waals surface area contributed by atoms with Gasteiger partial charge < -0.3 is 5.11 Å². The Morgan fingerprint density at radius 2 is 1.88 bits per heavy atom. The van der Waals surface area contributed by atoms with Crippen LogP contribution in [0.25, 0.3) is 11.4 Å². The van der Waals surface area contributed by atoms with Gasteiger partial charge in [0.15, 0.2) is 0 Å². The first-order chi connectivity index (χ1) is 11.8. The highest BCUT2D eigenvalue weighted by molar-refractivity contribution is 7.83. The number of pyridine rings is 1. The van der Waals surface area contributed by atoms with Crippen LogP contribution in [0.4, 0.5) is 0 Å². The van der Waals surface area contributed by atoms with Gasteiger partial charge in [-0.2, -0.15) is 4.80 Å². The fourth-order valence-corrected chi connectivity index (χ4v) is 2.85. The molecule has 1 aromatic carbocycles. The molecule has 0 aliphatic heterocycles. The van der Waals surface area contributed by atoms with E-state index in [-0.39, 0.29) is 13.2 Å². The Balaban J connectivity index is 1.70. The molecule has 2 N–H and O–H groups in total. The predicted octanol–water partition coefficient (Wildman–Crippen LogP) is 0.388. The summed E-state index contributed by atoms with van der Waals surface area (Å²) in [5.74, 6) is 0.504. The largest absolute Gasteiger partial charge is 0.395 e. The predicted molar refractivity (Wildman–Crippen MR) is 88.1 cm³/mol. The molecular formula is C15H16N6O2S. The minimum absolute atomic E-state index is 0.0612. The van der Waals surface area contributed by atoms with Crippen molar-refractivity contribution in [3.05, 3.63) is 54.4 Å². The number of rotatable bonds is 7. The number of hydrogen-bond acceptors (Lipinski definition) is 6. The summed E-state index contributed by atoms with van der Waals surface area (Å²) < 4.78 is 14.6. The summed E-state index contributed by atoms with van der Waals surface area (Å²) in [4.78, 5) is 6.11. The molecule has 0 aliphatic carbocycles. The lowest BCUT2D eigenvalue weighted by Gasteiger charge is -2.03. The van der Waals surface area contributed by atoms with Crippen LogP contribution in [0.5, 0.6) is 0 Å². The van der Waals surface area contributed by atoms with Crippen LogP contribution < -0.4 is 4.72 Å². The smallest absolute Gasteiger partial charge is 0.204 e. The van der Waals surface area contributed by atoms with Gasteiger partial charge in [-0.3, -0.25) is 4.98 Å².